The topological polar surface area (TPSA) is 0 Å². The first kappa shape index (κ1) is 21.1. The number of hydrogen-bond acceptors (Lipinski definition) is 0. The molecule has 0 amide bonds. The molecule has 0 aromatic heterocycles. The Balaban J connectivity index is 0.00000105. The molecule has 2 aromatic carbocycles. The van der Waals surface area contributed by atoms with Crippen molar-refractivity contribution >= 4 is 0 Å². The van der Waals surface area contributed by atoms with Gasteiger partial charge in [0.2, 0.25) is 0 Å². The van der Waals surface area contributed by atoms with Crippen molar-refractivity contribution in [2.24, 2.45) is 5.92 Å². The summed E-state index contributed by atoms with van der Waals surface area (Å²) in [6.45, 7) is 4.74. The number of fused-ring (bicyclic) bond motifs is 3. The molecule has 0 N–H and O–H groups in total. The smallest absolute Gasteiger partial charge is 1.00 e. The summed E-state index contributed by atoms with van der Waals surface area (Å²) in [4.78, 5) is 0. The Morgan fingerprint density at radius 1 is 0.852 bits per heavy atom. The van der Waals surface area contributed by atoms with E-state index in [2.05, 4.69) is 74.5 Å². The van der Waals surface area contributed by atoms with E-state index in [4.69, 9.17) is 0 Å². The predicted molar refractivity (Wildman–Crippen MR) is 104 cm³/mol. The van der Waals surface area contributed by atoms with E-state index in [1.807, 2.05) is 3.28 Å². The van der Waals surface area contributed by atoms with Crippen LogP contribution in [0.15, 0.2) is 69.5 Å². The Kier molecular flexibility index (Phi) is 6.27. The number of benzene rings is 2. The van der Waals surface area contributed by atoms with E-state index >= 15 is 0 Å². The molecular formula is C24H26Cl2Zr. The minimum absolute atomic E-state index is 0. The summed E-state index contributed by atoms with van der Waals surface area (Å²) in [5, 5.41) is 0. The Bertz CT molecular complexity index is 863. The normalized spacial score (nSPS) is 20.1. The molecule has 1 aliphatic heterocycles. The summed E-state index contributed by atoms with van der Waals surface area (Å²) < 4.78 is 5.85. The van der Waals surface area contributed by atoms with Crippen LogP contribution in [0.5, 0.6) is 0 Å². The van der Waals surface area contributed by atoms with Crippen molar-refractivity contribution in [1.82, 2.24) is 0 Å². The standard InChI is InChI=1S/C13H9.C9H13.C2H4.2ClH.Zr/c1-3-7-12-10(5-1)9-11-6-2-4-8-13(11)12;1-3-8-5-6-9(4-2)7-8;1-2;;;/h1-9H;5-6,8H,3-4H2,1-2H3;1-2H2;2*1H;/q;;;;;+2/p-2. The monoisotopic (exact) mass is 474 g/mol. The Hall–Kier alpha value is -0.617. The molecule has 1 saturated heterocycles. The summed E-state index contributed by atoms with van der Waals surface area (Å²) in [5.41, 5.74) is 8.05. The van der Waals surface area contributed by atoms with Crippen LogP contribution in [0.4, 0.5) is 0 Å². The van der Waals surface area contributed by atoms with Crippen LogP contribution in [0.2, 0.25) is 8.26 Å². The zero-order valence-electron chi connectivity index (χ0n) is 16.0. The van der Waals surface area contributed by atoms with Crippen LogP contribution in [0.1, 0.15) is 41.4 Å². The van der Waals surface area contributed by atoms with E-state index in [-0.39, 0.29) is 24.8 Å². The number of hydrogen-bond donors (Lipinski definition) is 0. The maximum absolute atomic E-state index is 2.53. The van der Waals surface area contributed by atoms with E-state index < -0.39 is 20.3 Å². The molecule has 0 bridgehead atoms. The van der Waals surface area contributed by atoms with Crippen molar-refractivity contribution in [3.05, 3.63) is 80.7 Å². The van der Waals surface area contributed by atoms with Gasteiger partial charge in [-0.05, 0) is 0 Å². The van der Waals surface area contributed by atoms with Gasteiger partial charge in [0, 0.05) is 0 Å². The molecule has 0 spiro atoms. The maximum Gasteiger partial charge on any atom is -1.00 e. The van der Waals surface area contributed by atoms with Crippen LogP contribution >= 0.6 is 0 Å². The third-order valence-electron chi connectivity index (χ3n) is 6.78. The third-order valence-corrected chi connectivity index (χ3v) is 19.2. The second-order valence-electron chi connectivity index (χ2n) is 7.93. The summed E-state index contributed by atoms with van der Waals surface area (Å²) >= 11 is -2.36. The molecule has 5 rings (SSSR count). The molecule has 1 atom stereocenters. The van der Waals surface area contributed by atoms with Gasteiger partial charge >= 0.3 is 157 Å². The van der Waals surface area contributed by atoms with Gasteiger partial charge in [-0.25, -0.2) is 0 Å². The first-order chi connectivity index (χ1) is 12.3. The first-order valence-electron chi connectivity index (χ1n) is 9.90. The van der Waals surface area contributed by atoms with Crippen LogP contribution in [0, 0.1) is 5.92 Å². The Morgan fingerprint density at radius 3 is 1.89 bits per heavy atom. The molecular weight excluding hydrogens is 450 g/mol. The van der Waals surface area contributed by atoms with Crippen LogP contribution < -0.4 is 24.8 Å². The van der Waals surface area contributed by atoms with Crippen LogP contribution in [-0.4, -0.2) is 0 Å². The number of allylic oxidation sites excluding steroid dienone is 4. The fourth-order valence-electron chi connectivity index (χ4n) is 5.59. The Labute approximate surface area is 180 Å². The SMILES string of the molecule is CCC1=[C]([Zr+2]2([CH]3c4ccccc4-c4ccccc43)[CH2][CH2]2)C(CC)C=C1.[Cl-].[Cl-]. The fraction of sp³-hybridized carbons (Fsp3) is 0.333. The summed E-state index contributed by atoms with van der Waals surface area (Å²) in [6.07, 6.45) is 7.51. The van der Waals surface area contributed by atoms with Crippen molar-refractivity contribution < 1.29 is 45.1 Å². The van der Waals surface area contributed by atoms with E-state index in [1.54, 1.807) is 25.0 Å². The van der Waals surface area contributed by atoms with Gasteiger partial charge in [0.25, 0.3) is 0 Å². The largest absolute Gasteiger partial charge is 1.00 e. The van der Waals surface area contributed by atoms with E-state index in [9.17, 15) is 0 Å². The van der Waals surface area contributed by atoms with Crippen LogP contribution in [-0.2, 0) is 20.3 Å². The van der Waals surface area contributed by atoms with Crippen molar-refractivity contribution in [1.29, 1.82) is 0 Å². The molecule has 2 aliphatic carbocycles. The Morgan fingerprint density at radius 2 is 1.41 bits per heavy atom. The van der Waals surface area contributed by atoms with Gasteiger partial charge in [-0.1, -0.05) is 0 Å². The van der Waals surface area contributed by atoms with Gasteiger partial charge in [-0.15, -0.1) is 0 Å². The van der Waals surface area contributed by atoms with Gasteiger partial charge < -0.3 is 24.8 Å². The van der Waals surface area contributed by atoms with Gasteiger partial charge in [0.05, 0.1) is 0 Å². The van der Waals surface area contributed by atoms with E-state index in [0.717, 1.165) is 9.54 Å². The second kappa shape index (κ2) is 8.02. The fourth-order valence-corrected chi connectivity index (χ4v) is 22.6. The molecule has 0 saturated carbocycles. The van der Waals surface area contributed by atoms with Gasteiger partial charge in [0.1, 0.15) is 0 Å². The molecule has 1 unspecified atom stereocenters. The zero-order valence-corrected chi connectivity index (χ0v) is 20.0. The quantitative estimate of drug-likeness (QED) is 0.619. The molecule has 3 heteroatoms. The van der Waals surface area contributed by atoms with E-state index in [0.29, 0.717) is 0 Å². The number of halogens is 2. The van der Waals surface area contributed by atoms with Crippen molar-refractivity contribution in [3.63, 3.8) is 0 Å². The predicted octanol–water partition coefficient (Wildman–Crippen LogP) is 1.03. The third kappa shape index (κ3) is 3.06. The summed E-state index contributed by atoms with van der Waals surface area (Å²) in [5.74, 6) is 0.744. The molecule has 1 heterocycles. The second-order valence-corrected chi connectivity index (χ2v) is 18.8. The summed E-state index contributed by atoms with van der Waals surface area (Å²) in [6, 6.07) is 18.5. The first-order valence-corrected chi connectivity index (χ1v) is 16.0. The molecule has 3 aliphatic rings. The molecule has 0 radical (unpaired) electrons. The van der Waals surface area contributed by atoms with Gasteiger partial charge in [-0.2, -0.15) is 0 Å². The molecule has 27 heavy (non-hydrogen) atoms. The van der Waals surface area contributed by atoms with Gasteiger partial charge in [-0.3, -0.25) is 0 Å². The minimum Gasteiger partial charge on any atom is -1.00 e. The number of rotatable bonds is 4. The molecule has 140 valence electrons. The van der Waals surface area contributed by atoms with Crippen molar-refractivity contribution in [2.75, 3.05) is 0 Å². The molecule has 2 aromatic rings. The average Bonchev–Trinajstić information content (AvgIpc) is 3.21. The van der Waals surface area contributed by atoms with Crippen LogP contribution in [0.25, 0.3) is 11.1 Å². The van der Waals surface area contributed by atoms with Crippen molar-refractivity contribution in [2.45, 2.75) is 38.6 Å². The summed E-state index contributed by atoms with van der Waals surface area (Å²) in [7, 11) is 0. The maximum atomic E-state index is 2.53. The van der Waals surface area contributed by atoms with E-state index in [1.165, 1.54) is 24.0 Å². The van der Waals surface area contributed by atoms with Gasteiger partial charge in [0.15, 0.2) is 0 Å². The zero-order chi connectivity index (χ0) is 17.0. The molecule has 0 nitrogen and oxygen atoms in total. The average molecular weight is 477 g/mol. The minimum atomic E-state index is -2.36. The van der Waals surface area contributed by atoms with Crippen molar-refractivity contribution in [3.8, 4) is 11.1 Å². The molecule has 1 fully saturated rings. The van der Waals surface area contributed by atoms with Crippen LogP contribution in [0.3, 0.4) is 0 Å².